The Balaban J connectivity index is 1.19. The smallest absolute Gasteiger partial charge is 0.223 e. The maximum absolute atomic E-state index is 14.4. The van der Waals surface area contributed by atoms with Crippen LogP contribution in [0.3, 0.4) is 0 Å². The third-order valence-electron chi connectivity index (χ3n) is 8.55. The number of aromatic nitrogens is 2. The second-order valence-corrected chi connectivity index (χ2v) is 11.6. The Labute approximate surface area is 232 Å². The van der Waals surface area contributed by atoms with Crippen LogP contribution in [-0.4, -0.2) is 45.0 Å². The minimum Gasteiger partial charge on any atom is -0.393 e. The summed E-state index contributed by atoms with van der Waals surface area (Å²) in [6.45, 7) is 0. The standard InChI is InChI=1S/C30H36F2N6O2/c31-20-5-12-25(24(32)15-20)36-28-14-19(17-3-10-23(39)11-4-17)13-26-27(37-28)16-33-30(38-26)35-22-6-1-18(2-7-22)29(40)34-21-8-9-21/h5,12,14-18,21-23,39H,1-4,6-11,13H2,(H,34,40)(H,36,37)(H,33,35,38)/t17-,18?,22?,23+. The predicted molar refractivity (Wildman–Crippen MR) is 149 cm³/mol. The van der Waals surface area contributed by atoms with Gasteiger partial charge in [0.1, 0.15) is 23.2 Å². The summed E-state index contributed by atoms with van der Waals surface area (Å²) < 4.78 is 27.9. The number of amides is 1. The van der Waals surface area contributed by atoms with E-state index in [0.717, 1.165) is 81.5 Å². The molecule has 212 valence electrons. The first-order valence-corrected chi connectivity index (χ1v) is 14.5. The molecule has 0 bridgehead atoms. The second-order valence-electron chi connectivity index (χ2n) is 11.6. The van der Waals surface area contributed by atoms with E-state index in [9.17, 15) is 18.7 Å². The molecule has 4 aliphatic rings. The van der Waals surface area contributed by atoms with E-state index in [0.29, 0.717) is 29.9 Å². The number of hydrogen-bond acceptors (Lipinski definition) is 7. The van der Waals surface area contributed by atoms with E-state index >= 15 is 0 Å². The van der Waals surface area contributed by atoms with Gasteiger partial charge in [0.05, 0.1) is 23.7 Å². The third kappa shape index (κ3) is 6.49. The van der Waals surface area contributed by atoms with Crippen molar-refractivity contribution in [3.05, 3.63) is 53.4 Å². The molecule has 40 heavy (non-hydrogen) atoms. The monoisotopic (exact) mass is 550 g/mol. The van der Waals surface area contributed by atoms with Crippen LogP contribution in [-0.2, 0) is 11.2 Å². The zero-order valence-corrected chi connectivity index (χ0v) is 22.5. The molecule has 10 heteroatoms. The Morgan fingerprint density at radius 1 is 0.950 bits per heavy atom. The van der Waals surface area contributed by atoms with Crippen molar-refractivity contribution in [2.45, 2.75) is 88.8 Å². The number of aliphatic hydroxyl groups excluding tert-OH is 1. The largest absolute Gasteiger partial charge is 0.393 e. The molecule has 0 spiro atoms. The zero-order chi connectivity index (χ0) is 27.6. The molecule has 1 amide bonds. The number of nitrogens with one attached hydrogen (secondary N) is 3. The Morgan fingerprint density at radius 2 is 1.70 bits per heavy atom. The average molecular weight is 551 g/mol. The maximum atomic E-state index is 14.4. The minimum atomic E-state index is -0.696. The lowest BCUT2D eigenvalue weighted by molar-refractivity contribution is -0.126. The molecule has 2 heterocycles. The molecule has 0 radical (unpaired) electrons. The minimum absolute atomic E-state index is 0.0829. The van der Waals surface area contributed by atoms with E-state index in [4.69, 9.17) is 9.98 Å². The number of allylic oxidation sites excluding steroid dienone is 1. The first kappa shape index (κ1) is 26.8. The van der Waals surface area contributed by atoms with Gasteiger partial charge in [-0.15, -0.1) is 0 Å². The average Bonchev–Trinajstić information content (AvgIpc) is 3.77. The number of fused-ring (bicyclic) bond motifs is 1. The Kier molecular flexibility index (Phi) is 7.78. The van der Waals surface area contributed by atoms with Gasteiger partial charge >= 0.3 is 0 Å². The molecule has 3 aliphatic carbocycles. The number of aliphatic hydroxyl groups is 1. The van der Waals surface area contributed by atoms with Crippen molar-refractivity contribution in [2.75, 3.05) is 10.6 Å². The highest BCUT2D eigenvalue weighted by molar-refractivity contribution is 6.06. The van der Waals surface area contributed by atoms with E-state index in [1.807, 2.05) is 6.08 Å². The number of carbonyl (C=O) groups is 1. The first-order valence-electron chi connectivity index (χ1n) is 14.5. The lowest BCUT2D eigenvalue weighted by Crippen LogP contribution is -2.37. The van der Waals surface area contributed by atoms with E-state index in [-0.39, 0.29) is 35.6 Å². The van der Waals surface area contributed by atoms with Gasteiger partial charge in [0.15, 0.2) is 0 Å². The number of aliphatic imine (C=N–C) groups is 1. The van der Waals surface area contributed by atoms with Crippen LogP contribution in [0.2, 0.25) is 0 Å². The van der Waals surface area contributed by atoms with Gasteiger partial charge in [-0.05, 0) is 88.3 Å². The van der Waals surface area contributed by atoms with Gasteiger partial charge in [0.2, 0.25) is 11.9 Å². The molecule has 3 saturated carbocycles. The highest BCUT2D eigenvalue weighted by atomic mass is 19.1. The molecular weight excluding hydrogens is 514 g/mol. The number of nitrogens with zero attached hydrogens (tertiary/aromatic N) is 3. The van der Waals surface area contributed by atoms with Crippen molar-refractivity contribution in [1.82, 2.24) is 15.3 Å². The maximum Gasteiger partial charge on any atom is 0.223 e. The van der Waals surface area contributed by atoms with Crippen LogP contribution in [0.15, 0.2) is 41.0 Å². The fourth-order valence-electron chi connectivity index (χ4n) is 6.02. The van der Waals surface area contributed by atoms with Crippen LogP contribution in [0.25, 0.3) is 0 Å². The number of rotatable bonds is 6. The van der Waals surface area contributed by atoms with Gasteiger partial charge in [-0.25, -0.2) is 23.7 Å². The molecule has 2 aromatic rings. The summed E-state index contributed by atoms with van der Waals surface area (Å²) in [6.07, 6.45) is 12.8. The summed E-state index contributed by atoms with van der Waals surface area (Å²) in [5, 5.41) is 19.7. The lowest BCUT2D eigenvalue weighted by atomic mass is 9.80. The summed E-state index contributed by atoms with van der Waals surface area (Å²) in [6, 6.07) is 4.00. The quantitative estimate of drug-likeness (QED) is 0.395. The van der Waals surface area contributed by atoms with Gasteiger partial charge in [-0.2, -0.15) is 0 Å². The zero-order valence-electron chi connectivity index (χ0n) is 22.5. The molecule has 4 N–H and O–H groups in total. The summed E-state index contributed by atoms with van der Waals surface area (Å²) in [7, 11) is 0. The molecule has 0 saturated heterocycles. The van der Waals surface area contributed by atoms with Gasteiger partial charge < -0.3 is 21.1 Å². The van der Waals surface area contributed by atoms with E-state index in [1.165, 1.54) is 12.1 Å². The van der Waals surface area contributed by atoms with Gasteiger partial charge in [-0.1, -0.05) is 5.57 Å². The highest BCUT2D eigenvalue weighted by Gasteiger charge is 2.31. The lowest BCUT2D eigenvalue weighted by Gasteiger charge is -2.29. The fourth-order valence-corrected chi connectivity index (χ4v) is 6.02. The highest BCUT2D eigenvalue weighted by Crippen LogP contribution is 2.35. The second kappa shape index (κ2) is 11.6. The van der Waals surface area contributed by atoms with Gasteiger partial charge in [-0.3, -0.25) is 4.79 Å². The summed E-state index contributed by atoms with van der Waals surface area (Å²) >= 11 is 0. The number of hydrogen-bond donors (Lipinski definition) is 4. The first-order chi connectivity index (χ1) is 19.4. The summed E-state index contributed by atoms with van der Waals surface area (Å²) in [5.41, 5.74) is 2.63. The third-order valence-corrected chi connectivity index (χ3v) is 8.55. The van der Waals surface area contributed by atoms with Crippen molar-refractivity contribution in [2.24, 2.45) is 16.8 Å². The molecule has 1 aliphatic heterocycles. The van der Waals surface area contributed by atoms with Crippen molar-refractivity contribution in [3.8, 4) is 0 Å². The molecule has 3 fully saturated rings. The van der Waals surface area contributed by atoms with Crippen LogP contribution < -0.4 is 16.0 Å². The predicted octanol–water partition coefficient (Wildman–Crippen LogP) is 5.18. The van der Waals surface area contributed by atoms with Crippen LogP contribution in [0.4, 0.5) is 26.1 Å². The van der Waals surface area contributed by atoms with Crippen molar-refractivity contribution >= 4 is 29.1 Å². The van der Waals surface area contributed by atoms with Crippen LogP contribution in [0.1, 0.15) is 69.9 Å². The molecule has 0 unspecified atom stereocenters. The Morgan fingerprint density at radius 3 is 2.42 bits per heavy atom. The number of amidine groups is 1. The number of carbonyl (C=O) groups excluding carboxylic acids is 1. The molecule has 8 nitrogen and oxygen atoms in total. The van der Waals surface area contributed by atoms with Crippen molar-refractivity contribution in [1.29, 1.82) is 0 Å². The Bertz CT molecular complexity index is 1310. The SMILES string of the molecule is O=C(NC1CC1)C1CCC(Nc2ncc3c(n2)CC([C@H]2CC[C@@H](O)CC2)=CC(Nc2ccc(F)cc2F)=N3)CC1. The van der Waals surface area contributed by atoms with Crippen LogP contribution >= 0.6 is 0 Å². The number of anilines is 2. The summed E-state index contributed by atoms with van der Waals surface area (Å²) in [4.78, 5) is 26.5. The van der Waals surface area contributed by atoms with E-state index in [1.54, 1.807) is 6.20 Å². The fraction of sp³-hybridized carbons (Fsp3) is 0.533. The van der Waals surface area contributed by atoms with E-state index in [2.05, 4.69) is 20.9 Å². The van der Waals surface area contributed by atoms with Gasteiger partial charge in [0, 0.05) is 30.5 Å². The normalized spacial score (nSPS) is 26.6. The molecule has 1 aromatic carbocycles. The van der Waals surface area contributed by atoms with E-state index < -0.39 is 11.6 Å². The number of benzene rings is 1. The molecule has 0 atom stereocenters. The van der Waals surface area contributed by atoms with Gasteiger partial charge in [0.25, 0.3) is 0 Å². The van der Waals surface area contributed by atoms with Crippen LogP contribution in [0, 0.1) is 23.5 Å². The van der Waals surface area contributed by atoms with Crippen molar-refractivity contribution < 1.29 is 18.7 Å². The van der Waals surface area contributed by atoms with Crippen molar-refractivity contribution in [3.63, 3.8) is 0 Å². The Hall–Kier alpha value is -3.40. The topological polar surface area (TPSA) is 112 Å². The number of halogens is 2. The van der Waals surface area contributed by atoms with Crippen LogP contribution in [0.5, 0.6) is 0 Å². The molecule has 6 rings (SSSR count). The molecule has 1 aromatic heterocycles. The molecular formula is C30H36F2N6O2. The summed E-state index contributed by atoms with van der Waals surface area (Å²) in [5.74, 6) is 0.175.